The maximum atomic E-state index is 14.7. The first-order valence-electron chi connectivity index (χ1n) is 7.80. The average Bonchev–Trinajstić information content (AvgIpc) is 2.98. The zero-order valence-corrected chi connectivity index (χ0v) is 13.2. The van der Waals surface area contributed by atoms with Gasteiger partial charge in [-0.25, -0.2) is 4.99 Å². The maximum absolute atomic E-state index is 14.7. The minimum Gasteiger partial charge on any atom is -0.459 e. The number of hydrogen-bond donors (Lipinski definition) is 1. The Morgan fingerprint density at radius 2 is 2.04 bits per heavy atom. The molecule has 1 aliphatic heterocycles. The van der Waals surface area contributed by atoms with Crippen LogP contribution < -0.4 is 5.73 Å². The van der Waals surface area contributed by atoms with Crippen molar-refractivity contribution < 1.29 is 13.5 Å². The summed E-state index contributed by atoms with van der Waals surface area (Å²) >= 11 is 0. The van der Waals surface area contributed by atoms with E-state index < -0.39 is 18.1 Å². The number of aliphatic imine (C=N–C) groups is 1. The summed E-state index contributed by atoms with van der Waals surface area (Å²) in [7, 11) is 0. The average molecular weight is 340 g/mol. The van der Waals surface area contributed by atoms with Crippen molar-refractivity contribution in [1.29, 1.82) is 5.26 Å². The molecular formula is C18H14F2N4O. The van der Waals surface area contributed by atoms with Gasteiger partial charge in [0.15, 0.2) is 12.1 Å². The van der Waals surface area contributed by atoms with Gasteiger partial charge >= 0.3 is 5.92 Å². The van der Waals surface area contributed by atoms with E-state index in [1.807, 2.05) is 18.2 Å². The number of aromatic nitrogens is 1. The van der Waals surface area contributed by atoms with Gasteiger partial charge in [0.25, 0.3) is 6.02 Å². The van der Waals surface area contributed by atoms with Crippen LogP contribution in [0.5, 0.6) is 0 Å². The number of alkyl halides is 2. The van der Waals surface area contributed by atoms with E-state index in [2.05, 4.69) is 9.98 Å². The molecule has 1 atom stereocenters. The molecule has 0 bridgehead atoms. The summed E-state index contributed by atoms with van der Waals surface area (Å²) in [5.41, 5.74) is 7.00. The third-order valence-electron chi connectivity index (χ3n) is 4.82. The maximum Gasteiger partial charge on any atom is 0.310 e. The van der Waals surface area contributed by atoms with Crippen LogP contribution in [0.15, 0.2) is 41.7 Å². The summed E-state index contributed by atoms with van der Waals surface area (Å²) in [6.07, 6.45) is 3.73. The van der Waals surface area contributed by atoms with Crippen molar-refractivity contribution in [2.45, 2.75) is 24.3 Å². The molecule has 0 radical (unpaired) electrons. The molecule has 1 aromatic carbocycles. The van der Waals surface area contributed by atoms with Crippen LogP contribution in [0.3, 0.4) is 0 Å². The molecule has 7 heteroatoms. The smallest absolute Gasteiger partial charge is 0.310 e. The van der Waals surface area contributed by atoms with Crippen LogP contribution in [0.4, 0.5) is 8.78 Å². The molecule has 0 amide bonds. The van der Waals surface area contributed by atoms with E-state index in [-0.39, 0.29) is 12.4 Å². The number of nitrogens with zero attached hydrogens (tertiary/aromatic N) is 3. The largest absolute Gasteiger partial charge is 0.459 e. The van der Waals surface area contributed by atoms with Crippen molar-refractivity contribution in [2.75, 3.05) is 6.61 Å². The molecule has 0 saturated heterocycles. The minimum atomic E-state index is -3.15. The van der Waals surface area contributed by atoms with Crippen molar-refractivity contribution in [1.82, 2.24) is 4.98 Å². The van der Waals surface area contributed by atoms with Crippen LogP contribution in [0.1, 0.15) is 23.1 Å². The number of ether oxygens (including phenoxy) is 1. The van der Waals surface area contributed by atoms with Crippen molar-refractivity contribution in [3.05, 3.63) is 53.3 Å². The SMILES string of the molecule is N#Cc1cncc(-c2ccc3c(c2)[C@@]2(CC3)N=C(N)OCC2(F)F)c1. The van der Waals surface area contributed by atoms with Crippen LogP contribution in [-0.2, 0) is 16.7 Å². The van der Waals surface area contributed by atoms with Gasteiger partial charge in [-0.3, -0.25) is 4.98 Å². The van der Waals surface area contributed by atoms with Crippen LogP contribution in [0, 0.1) is 11.3 Å². The highest BCUT2D eigenvalue weighted by molar-refractivity contribution is 5.74. The van der Waals surface area contributed by atoms with E-state index in [0.29, 0.717) is 28.7 Å². The lowest BCUT2D eigenvalue weighted by molar-refractivity contribution is -0.121. The number of pyridine rings is 1. The molecule has 1 aromatic heterocycles. The summed E-state index contributed by atoms with van der Waals surface area (Å²) in [5.74, 6) is -3.15. The van der Waals surface area contributed by atoms with Crippen LogP contribution >= 0.6 is 0 Å². The van der Waals surface area contributed by atoms with Crippen LogP contribution in [0.25, 0.3) is 11.1 Å². The molecule has 1 spiro atoms. The monoisotopic (exact) mass is 340 g/mol. The summed E-state index contributed by atoms with van der Waals surface area (Å²) < 4.78 is 34.2. The second kappa shape index (κ2) is 5.24. The Bertz CT molecular complexity index is 935. The lowest BCUT2D eigenvalue weighted by atomic mass is 9.84. The number of nitriles is 1. The second-order valence-corrected chi connectivity index (χ2v) is 6.25. The topological polar surface area (TPSA) is 84.3 Å². The quantitative estimate of drug-likeness (QED) is 0.865. The first-order chi connectivity index (χ1) is 11.9. The lowest BCUT2D eigenvalue weighted by Crippen LogP contribution is -2.51. The van der Waals surface area contributed by atoms with Crippen LogP contribution in [-0.4, -0.2) is 23.5 Å². The Hall–Kier alpha value is -3.01. The Kier molecular flexibility index (Phi) is 3.25. The van der Waals surface area contributed by atoms with Gasteiger partial charge in [-0.15, -0.1) is 0 Å². The van der Waals surface area contributed by atoms with Gasteiger partial charge in [-0.05, 0) is 41.7 Å². The van der Waals surface area contributed by atoms with E-state index >= 15 is 0 Å². The fraction of sp³-hybridized carbons (Fsp3) is 0.278. The molecule has 5 nitrogen and oxygen atoms in total. The van der Waals surface area contributed by atoms with Crippen LogP contribution in [0.2, 0.25) is 0 Å². The van der Waals surface area contributed by atoms with Gasteiger partial charge in [-0.2, -0.15) is 14.0 Å². The highest BCUT2D eigenvalue weighted by Gasteiger charge is 2.60. The molecule has 4 rings (SSSR count). The molecule has 126 valence electrons. The Morgan fingerprint density at radius 1 is 1.20 bits per heavy atom. The predicted molar refractivity (Wildman–Crippen MR) is 86.9 cm³/mol. The first-order valence-corrected chi connectivity index (χ1v) is 7.80. The normalized spacial score (nSPS) is 23.5. The van der Waals surface area contributed by atoms with Crippen molar-refractivity contribution >= 4 is 6.02 Å². The van der Waals surface area contributed by atoms with E-state index in [1.54, 1.807) is 18.3 Å². The van der Waals surface area contributed by atoms with Gasteiger partial charge in [0, 0.05) is 18.0 Å². The third kappa shape index (κ3) is 2.25. The minimum absolute atomic E-state index is 0.180. The second-order valence-electron chi connectivity index (χ2n) is 6.25. The van der Waals surface area contributed by atoms with E-state index in [4.69, 9.17) is 15.7 Å². The molecule has 2 heterocycles. The van der Waals surface area contributed by atoms with Crippen molar-refractivity contribution in [2.24, 2.45) is 10.7 Å². The first kappa shape index (κ1) is 15.5. The number of amidine groups is 1. The Morgan fingerprint density at radius 3 is 2.84 bits per heavy atom. The van der Waals surface area contributed by atoms with Gasteiger partial charge in [0.1, 0.15) is 6.07 Å². The lowest BCUT2D eigenvalue weighted by Gasteiger charge is -2.37. The number of rotatable bonds is 1. The fourth-order valence-electron chi connectivity index (χ4n) is 3.55. The molecule has 0 saturated carbocycles. The number of hydrogen-bond acceptors (Lipinski definition) is 5. The number of aryl methyl sites for hydroxylation is 1. The summed E-state index contributed by atoms with van der Waals surface area (Å²) in [5, 5.41) is 9.03. The number of halogens is 2. The molecule has 0 unspecified atom stereocenters. The molecule has 1 aliphatic carbocycles. The molecule has 2 N–H and O–H groups in total. The molecule has 2 aliphatic rings. The third-order valence-corrected chi connectivity index (χ3v) is 4.82. The fourth-order valence-corrected chi connectivity index (χ4v) is 3.55. The highest BCUT2D eigenvalue weighted by Crippen LogP contribution is 2.52. The number of fused-ring (bicyclic) bond motifs is 2. The molecule has 0 fully saturated rings. The summed E-state index contributed by atoms with van der Waals surface area (Å²) in [4.78, 5) is 8.06. The van der Waals surface area contributed by atoms with E-state index in [0.717, 1.165) is 5.56 Å². The highest BCUT2D eigenvalue weighted by atomic mass is 19.3. The predicted octanol–water partition coefficient (Wildman–Crippen LogP) is 2.74. The van der Waals surface area contributed by atoms with Gasteiger partial charge in [-0.1, -0.05) is 12.1 Å². The standard InChI is InChI=1S/C18H14F2N4O/c19-18(20)10-25-16(22)24-17(18)4-3-12-1-2-13(6-15(12)17)14-5-11(7-21)8-23-9-14/h1-2,5-6,8-9H,3-4,10H2,(H2,22,24)/t17-/m1/s1. The van der Waals surface area contributed by atoms with Crippen molar-refractivity contribution in [3.8, 4) is 17.2 Å². The zero-order chi connectivity index (χ0) is 17.7. The Labute approximate surface area is 142 Å². The molecular weight excluding hydrogens is 326 g/mol. The van der Waals surface area contributed by atoms with E-state index in [9.17, 15) is 8.78 Å². The molecule has 2 aromatic rings. The Balaban J connectivity index is 1.88. The number of nitrogens with two attached hydrogens (primary N) is 1. The van der Waals surface area contributed by atoms with E-state index in [1.165, 1.54) is 6.20 Å². The zero-order valence-electron chi connectivity index (χ0n) is 13.2. The van der Waals surface area contributed by atoms with Gasteiger partial charge in [0.2, 0.25) is 0 Å². The summed E-state index contributed by atoms with van der Waals surface area (Å²) in [6.45, 7) is -0.780. The van der Waals surface area contributed by atoms with Crippen molar-refractivity contribution in [3.63, 3.8) is 0 Å². The summed E-state index contributed by atoms with van der Waals surface area (Å²) in [6, 6.07) is 8.88. The van der Waals surface area contributed by atoms with Gasteiger partial charge in [0.05, 0.1) is 5.56 Å². The molecule has 25 heavy (non-hydrogen) atoms. The van der Waals surface area contributed by atoms with Gasteiger partial charge < -0.3 is 10.5 Å². The number of benzene rings is 1.